The largest absolute Gasteiger partial charge is 0.505 e. The van der Waals surface area contributed by atoms with Crippen LogP contribution >= 0.6 is 11.8 Å². The van der Waals surface area contributed by atoms with Gasteiger partial charge >= 0.3 is 5.63 Å². The first-order valence-corrected chi connectivity index (χ1v) is 9.08. The van der Waals surface area contributed by atoms with Crippen molar-refractivity contribution >= 4 is 33.6 Å². The average Bonchev–Trinajstić information content (AvgIpc) is 2.69. The van der Waals surface area contributed by atoms with Crippen LogP contribution in [0.25, 0.3) is 21.9 Å². The molecule has 0 bridgehead atoms. The van der Waals surface area contributed by atoms with Crippen LogP contribution in [0, 0.1) is 0 Å². The van der Waals surface area contributed by atoms with E-state index in [4.69, 9.17) is 4.42 Å². The number of rotatable bonds is 4. The number of hydrogen-bond acceptors (Lipinski definition) is 6. The summed E-state index contributed by atoms with van der Waals surface area (Å²) in [6.07, 6.45) is 0. The standard InChI is InChI=1S/C20H15NO5S/c22-11-10-21-14-9-5-4-8-13(14)17-15(19(21)24)16(23)18(20(25)26-17)27-12-6-2-1-3-7-12/h1-9,22-23H,10-11H2. The van der Waals surface area contributed by atoms with Crippen molar-refractivity contribution in [3.8, 4) is 5.75 Å². The number of aliphatic hydroxyl groups is 1. The highest BCUT2D eigenvalue weighted by Crippen LogP contribution is 2.36. The van der Waals surface area contributed by atoms with Crippen LogP contribution in [0.3, 0.4) is 0 Å². The Balaban J connectivity index is 2.08. The summed E-state index contributed by atoms with van der Waals surface area (Å²) in [6, 6.07) is 15.9. The van der Waals surface area contributed by atoms with E-state index in [2.05, 4.69) is 0 Å². The molecule has 0 aliphatic rings. The van der Waals surface area contributed by atoms with Gasteiger partial charge < -0.3 is 19.2 Å². The predicted octanol–water partition coefficient (Wildman–Crippen LogP) is 2.96. The lowest BCUT2D eigenvalue weighted by Crippen LogP contribution is -2.23. The van der Waals surface area contributed by atoms with Gasteiger partial charge in [-0.15, -0.1) is 0 Å². The average molecular weight is 381 g/mol. The molecule has 27 heavy (non-hydrogen) atoms. The topological polar surface area (TPSA) is 92.7 Å². The maximum atomic E-state index is 13.0. The summed E-state index contributed by atoms with van der Waals surface area (Å²) in [4.78, 5) is 26.2. The zero-order valence-corrected chi connectivity index (χ0v) is 14.9. The third-order valence-corrected chi connectivity index (χ3v) is 5.32. The number of para-hydroxylation sites is 1. The molecule has 0 aliphatic heterocycles. The minimum absolute atomic E-state index is 0.0448. The molecule has 0 radical (unpaired) electrons. The van der Waals surface area contributed by atoms with E-state index in [-0.39, 0.29) is 29.0 Å². The van der Waals surface area contributed by atoms with Crippen molar-refractivity contribution < 1.29 is 14.6 Å². The van der Waals surface area contributed by atoms with Crippen molar-refractivity contribution in [3.05, 3.63) is 75.4 Å². The number of aromatic hydroxyl groups is 1. The molecule has 0 saturated heterocycles. The lowest BCUT2D eigenvalue weighted by atomic mass is 10.1. The maximum absolute atomic E-state index is 13.0. The fourth-order valence-electron chi connectivity index (χ4n) is 3.06. The van der Waals surface area contributed by atoms with Gasteiger partial charge in [0.25, 0.3) is 5.56 Å². The van der Waals surface area contributed by atoms with Gasteiger partial charge in [-0.1, -0.05) is 42.1 Å². The Morgan fingerprint density at radius 2 is 1.70 bits per heavy atom. The molecular formula is C20H15NO5S. The van der Waals surface area contributed by atoms with Crippen molar-refractivity contribution in [3.63, 3.8) is 0 Å². The summed E-state index contributed by atoms with van der Waals surface area (Å²) in [5.74, 6) is -0.405. The van der Waals surface area contributed by atoms with E-state index < -0.39 is 16.9 Å². The van der Waals surface area contributed by atoms with E-state index in [1.54, 1.807) is 36.4 Å². The summed E-state index contributed by atoms with van der Waals surface area (Å²) in [5.41, 5.74) is -0.660. The van der Waals surface area contributed by atoms with Gasteiger partial charge in [0.2, 0.25) is 0 Å². The van der Waals surface area contributed by atoms with Crippen LogP contribution in [-0.2, 0) is 6.54 Å². The molecule has 0 amide bonds. The number of aromatic nitrogens is 1. The Hall–Kier alpha value is -3.03. The van der Waals surface area contributed by atoms with Crippen LogP contribution in [-0.4, -0.2) is 21.4 Å². The first-order valence-electron chi connectivity index (χ1n) is 8.27. The van der Waals surface area contributed by atoms with Gasteiger partial charge in [-0.25, -0.2) is 4.79 Å². The van der Waals surface area contributed by atoms with Crippen LogP contribution in [0.5, 0.6) is 5.75 Å². The first-order chi connectivity index (χ1) is 13.1. The molecule has 0 unspecified atom stereocenters. The van der Waals surface area contributed by atoms with E-state index in [0.717, 1.165) is 16.7 Å². The fourth-order valence-corrected chi connectivity index (χ4v) is 3.91. The second-order valence-corrected chi connectivity index (χ2v) is 6.97. The van der Waals surface area contributed by atoms with Gasteiger partial charge in [0.1, 0.15) is 10.3 Å². The lowest BCUT2D eigenvalue weighted by molar-refractivity contribution is 0.276. The molecule has 0 saturated carbocycles. The monoisotopic (exact) mass is 381 g/mol. The minimum Gasteiger partial charge on any atom is -0.505 e. The molecule has 4 rings (SSSR count). The smallest absolute Gasteiger partial charge is 0.354 e. The van der Waals surface area contributed by atoms with Gasteiger partial charge in [0.15, 0.2) is 11.3 Å². The Kier molecular flexibility index (Phi) is 4.47. The molecule has 2 aromatic heterocycles. The summed E-state index contributed by atoms with van der Waals surface area (Å²) in [7, 11) is 0. The molecule has 4 aromatic rings. The van der Waals surface area contributed by atoms with Gasteiger partial charge in [0, 0.05) is 16.8 Å². The Morgan fingerprint density at radius 3 is 2.44 bits per heavy atom. The molecule has 2 N–H and O–H groups in total. The third-order valence-electron chi connectivity index (χ3n) is 4.24. The quantitative estimate of drug-likeness (QED) is 0.528. The molecular weight excluding hydrogens is 366 g/mol. The summed E-state index contributed by atoms with van der Waals surface area (Å²) < 4.78 is 6.83. The van der Waals surface area contributed by atoms with Crippen LogP contribution in [0.2, 0.25) is 0 Å². The van der Waals surface area contributed by atoms with Gasteiger partial charge in [-0.3, -0.25) is 4.79 Å². The fraction of sp³-hybridized carbons (Fsp3) is 0.100. The van der Waals surface area contributed by atoms with Crippen LogP contribution in [0.4, 0.5) is 0 Å². The Labute approximate surface area is 157 Å². The highest BCUT2D eigenvalue weighted by Gasteiger charge is 2.21. The number of pyridine rings is 1. The predicted molar refractivity (Wildman–Crippen MR) is 104 cm³/mol. The van der Waals surface area contributed by atoms with Crippen LogP contribution in [0.1, 0.15) is 0 Å². The van der Waals surface area contributed by atoms with Crippen LogP contribution in [0.15, 0.2) is 78.4 Å². The van der Waals surface area contributed by atoms with E-state index in [0.29, 0.717) is 10.9 Å². The molecule has 0 atom stereocenters. The van der Waals surface area contributed by atoms with Gasteiger partial charge in [0.05, 0.1) is 12.1 Å². The summed E-state index contributed by atoms with van der Waals surface area (Å²) in [6.45, 7) is -0.173. The highest BCUT2D eigenvalue weighted by molar-refractivity contribution is 7.99. The maximum Gasteiger partial charge on any atom is 0.354 e. The van der Waals surface area contributed by atoms with Gasteiger partial charge in [-0.05, 0) is 24.3 Å². The second kappa shape index (κ2) is 6.94. The second-order valence-electron chi connectivity index (χ2n) is 5.88. The van der Waals surface area contributed by atoms with E-state index in [9.17, 15) is 19.8 Å². The number of nitrogens with zero attached hydrogens (tertiary/aromatic N) is 1. The minimum atomic E-state index is -0.710. The Bertz CT molecular complexity index is 1260. The van der Waals surface area contributed by atoms with Crippen molar-refractivity contribution in [2.45, 2.75) is 16.3 Å². The zero-order valence-electron chi connectivity index (χ0n) is 14.1. The molecule has 136 valence electrons. The molecule has 0 spiro atoms. The summed E-state index contributed by atoms with van der Waals surface area (Å²) >= 11 is 1.04. The van der Waals surface area contributed by atoms with Crippen molar-refractivity contribution in [1.29, 1.82) is 0 Å². The van der Waals surface area contributed by atoms with Gasteiger partial charge in [-0.2, -0.15) is 0 Å². The SMILES string of the molecule is O=c1oc2c(c(O)c1Sc1ccccc1)c(=O)n(CCO)c1ccccc21. The number of aliphatic hydroxyl groups excluding tert-OH is 1. The number of hydrogen-bond donors (Lipinski definition) is 2. The van der Waals surface area contributed by atoms with Crippen LogP contribution < -0.4 is 11.2 Å². The third kappa shape index (κ3) is 2.90. The first kappa shape index (κ1) is 17.4. The van der Waals surface area contributed by atoms with E-state index >= 15 is 0 Å². The number of fused-ring (bicyclic) bond motifs is 3. The molecule has 0 fully saturated rings. The number of benzene rings is 2. The van der Waals surface area contributed by atoms with Crippen molar-refractivity contribution in [1.82, 2.24) is 4.57 Å². The lowest BCUT2D eigenvalue weighted by Gasteiger charge is -2.13. The highest BCUT2D eigenvalue weighted by atomic mass is 32.2. The normalized spacial score (nSPS) is 11.3. The zero-order chi connectivity index (χ0) is 19.0. The molecule has 0 aliphatic carbocycles. The molecule has 2 aromatic carbocycles. The van der Waals surface area contributed by atoms with E-state index in [1.807, 2.05) is 18.2 Å². The van der Waals surface area contributed by atoms with E-state index in [1.165, 1.54) is 4.57 Å². The molecule has 6 nitrogen and oxygen atoms in total. The van der Waals surface area contributed by atoms with Crippen molar-refractivity contribution in [2.24, 2.45) is 0 Å². The summed E-state index contributed by atoms with van der Waals surface area (Å²) in [5, 5.41) is 20.6. The molecule has 7 heteroatoms. The molecule has 2 heterocycles. The Morgan fingerprint density at radius 1 is 1.00 bits per heavy atom. The van der Waals surface area contributed by atoms with Crippen molar-refractivity contribution in [2.75, 3.05) is 6.61 Å².